The van der Waals surface area contributed by atoms with Crippen molar-refractivity contribution >= 4 is 11.0 Å². The van der Waals surface area contributed by atoms with E-state index in [0.717, 1.165) is 16.5 Å². The van der Waals surface area contributed by atoms with Gasteiger partial charge in [-0.15, -0.1) is 0 Å². The maximum Gasteiger partial charge on any atom is 0.336 e. The van der Waals surface area contributed by atoms with E-state index in [1.54, 1.807) is 13.2 Å². The normalized spacial score (nSPS) is 21.4. The van der Waals surface area contributed by atoms with Gasteiger partial charge < -0.3 is 13.9 Å². The minimum atomic E-state index is -0.380. The Labute approximate surface area is 110 Å². The lowest BCUT2D eigenvalue weighted by molar-refractivity contribution is 0.370. The topological polar surface area (TPSA) is 52.0 Å². The van der Waals surface area contributed by atoms with Crippen LogP contribution in [0.15, 0.2) is 45.6 Å². The van der Waals surface area contributed by atoms with Gasteiger partial charge in [0.05, 0.1) is 12.7 Å². The standard InChI is InChI=1S/C15H14O4/c1-8(2)13-15(19-13)12-10(17-3)6-4-9-5-7-11(16)18-14(9)12/h4-7,13,15H,1H2,2-3H3. The largest absolute Gasteiger partial charge is 0.496 e. The molecule has 2 heterocycles. The zero-order valence-electron chi connectivity index (χ0n) is 10.8. The number of rotatable bonds is 3. The highest BCUT2D eigenvalue weighted by Crippen LogP contribution is 2.48. The van der Waals surface area contributed by atoms with Crippen molar-refractivity contribution in [3.63, 3.8) is 0 Å². The third-order valence-electron chi connectivity index (χ3n) is 3.27. The first kappa shape index (κ1) is 12.0. The Bertz CT molecular complexity index is 714. The van der Waals surface area contributed by atoms with Crippen LogP contribution in [0.3, 0.4) is 0 Å². The molecule has 19 heavy (non-hydrogen) atoms. The van der Waals surface area contributed by atoms with Crippen LogP contribution in [0.1, 0.15) is 18.6 Å². The summed E-state index contributed by atoms with van der Waals surface area (Å²) in [5.74, 6) is 0.663. The van der Waals surface area contributed by atoms with E-state index in [2.05, 4.69) is 6.58 Å². The van der Waals surface area contributed by atoms with E-state index in [0.29, 0.717) is 11.3 Å². The quantitative estimate of drug-likeness (QED) is 0.482. The van der Waals surface area contributed by atoms with Gasteiger partial charge in [0, 0.05) is 11.5 Å². The van der Waals surface area contributed by atoms with Crippen LogP contribution in [0.4, 0.5) is 0 Å². The highest BCUT2D eigenvalue weighted by Gasteiger charge is 2.44. The van der Waals surface area contributed by atoms with Crippen LogP contribution in [-0.2, 0) is 4.74 Å². The van der Waals surface area contributed by atoms with Crippen molar-refractivity contribution in [3.05, 3.63) is 52.4 Å². The molecule has 0 aliphatic carbocycles. The molecule has 4 heteroatoms. The van der Waals surface area contributed by atoms with E-state index in [4.69, 9.17) is 13.9 Å². The van der Waals surface area contributed by atoms with E-state index in [-0.39, 0.29) is 17.8 Å². The second-order valence-corrected chi connectivity index (χ2v) is 4.68. The van der Waals surface area contributed by atoms with E-state index in [1.807, 2.05) is 19.1 Å². The molecule has 1 aromatic heterocycles. The average molecular weight is 258 g/mol. The lowest BCUT2D eigenvalue weighted by atomic mass is 10.0. The highest BCUT2D eigenvalue weighted by atomic mass is 16.6. The number of methoxy groups -OCH3 is 1. The van der Waals surface area contributed by atoms with Gasteiger partial charge in [0.25, 0.3) is 0 Å². The fourth-order valence-corrected chi connectivity index (χ4v) is 2.29. The van der Waals surface area contributed by atoms with Gasteiger partial charge in [-0.2, -0.15) is 0 Å². The molecule has 0 radical (unpaired) electrons. The Balaban J connectivity index is 2.22. The summed E-state index contributed by atoms with van der Waals surface area (Å²) in [6.07, 6.45) is -0.188. The molecule has 1 fully saturated rings. The smallest absolute Gasteiger partial charge is 0.336 e. The van der Waals surface area contributed by atoms with Crippen LogP contribution >= 0.6 is 0 Å². The van der Waals surface area contributed by atoms with E-state index < -0.39 is 0 Å². The Morgan fingerprint density at radius 2 is 2.05 bits per heavy atom. The monoisotopic (exact) mass is 258 g/mol. The predicted octanol–water partition coefficient (Wildman–Crippen LogP) is 2.82. The molecular weight excluding hydrogens is 244 g/mol. The number of hydrogen-bond acceptors (Lipinski definition) is 4. The van der Waals surface area contributed by atoms with Gasteiger partial charge >= 0.3 is 5.63 Å². The SMILES string of the molecule is C=C(C)C1OC1c1c(OC)ccc2ccc(=O)oc12. The summed E-state index contributed by atoms with van der Waals surface area (Å²) in [5.41, 5.74) is 1.88. The predicted molar refractivity (Wildman–Crippen MR) is 71.5 cm³/mol. The van der Waals surface area contributed by atoms with E-state index in [1.165, 1.54) is 6.07 Å². The summed E-state index contributed by atoms with van der Waals surface area (Å²) in [5, 5.41) is 0.853. The Morgan fingerprint density at radius 1 is 1.32 bits per heavy atom. The summed E-state index contributed by atoms with van der Waals surface area (Å²) in [6, 6.07) is 6.86. The minimum absolute atomic E-state index is 0.0370. The zero-order chi connectivity index (χ0) is 13.6. The first-order valence-corrected chi connectivity index (χ1v) is 6.03. The number of fused-ring (bicyclic) bond motifs is 1. The summed E-state index contributed by atoms with van der Waals surface area (Å²) in [6.45, 7) is 5.80. The first-order chi connectivity index (χ1) is 9.11. The van der Waals surface area contributed by atoms with Crippen molar-refractivity contribution in [3.8, 4) is 5.75 Å². The number of ether oxygens (including phenoxy) is 2. The van der Waals surface area contributed by atoms with Gasteiger partial charge in [0.1, 0.15) is 23.5 Å². The Morgan fingerprint density at radius 3 is 2.68 bits per heavy atom. The summed E-state index contributed by atoms with van der Waals surface area (Å²) < 4.78 is 16.3. The van der Waals surface area contributed by atoms with Gasteiger partial charge in [-0.3, -0.25) is 0 Å². The third-order valence-corrected chi connectivity index (χ3v) is 3.27. The van der Waals surface area contributed by atoms with Gasteiger partial charge in [0.2, 0.25) is 0 Å². The van der Waals surface area contributed by atoms with Crippen LogP contribution in [0.25, 0.3) is 11.0 Å². The van der Waals surface area contributed by atoms with Crippen LogP contribution in [0, 0.1) is 0 Å². The van der Waals surface area contributed by atoms with Gasteiger partial charge in [-0.25, -0.2) is 4.79 Å². The van der Waals surface area contributed by atoms with Crippen molar-refractivity contribution in [2.75, 3.05) is 7.11 Å². The number of hydrogen-bond donors (Lipinski definition) is 0. The van der Waals surface area contributed by atoms with E-state index >= 15 is 0 Å². The molecule has 0 spiro atoms. The molecule has 2 unspecified atom stereocenters. The molecular formula is C15H14O4. The van der Waals surface area contributed by atoms with Crippen LogP contribution in [0.5, 0.6) is 5.75 Å². The van der Waals surface area contributed by atoms with Gasteiger partial charge in [0.15, 0.2) is 0 Å². The molecule has 2 atom stereocenters. The van der Waals surface area contributed by atoms with Crippen molar-refractivity contribution in [1.29, 1.82) is 0 Å². The molecule has 1 aliphatic heterocycles. The molecule has 0 N–H and O–H groups in total. The van der Waals surface area contributed by atoms with Crippen LogP contribution in [0.2, 0.25) is 0 Å². The molecule has 2 aromatic rings. The third kappa shape index (κ3) is 1.94. The molecule has 1 aliphatic rings. The minimum Gasteiger partial charge on any atom is -0.496 e. The second kappa shape index (κ2) is 4.24. The Hall–Kier alpha value is -2.07. The van der Waals surface area contributed by atoms with Crippen LogP contribution < -0.4 is 10.4 Å². The average Bonchev–Trinajstić information content (AvgIpc) is 3.17. The van der Waals surface area contributed by atoms with Gasteiger partial charge in [-0.05, 0) is 30.7 Å². The van der Waals surface area contributed by atoms with Gasteiger partial charge in [-0.1, -0.05) is 6.58 Å². The van der Waals surface area contributed by atoms with Crippen LogP contribution in [-0.4, -0.2) is 13.2 Å². The summed E-state index contributed by atoms with van der Waals surface area (Å²) >= 11 is 0. The molecule has 3 rings (SSSR count). The molecule has 98 valence electrons. The van der Waals surface area contributed by atoms with Crippen molar-refractivity contribution in [2.45, 2.75) is 19.1 Å². The van der Waals surface area contributed by atoms with Crippen molar-refractivity contribution in [2.24, 2.45) is 0 Å². The maximum atomic E-state index is 11.4. The molecule has 0 saturated carbocycles. The lowest BCUT2D eigenvalue weighted by Crippen LogP contribution is -2.00. The molecule has 1 saturated heterocycles. The molecule has 4 nitrogen and oxygen atoms in total. The first-order valence-electron chi connectivity index (χ1n) is 6.03. The number of epoxide rings is 1. The fraction of sp³-hybridized carbons (Fsp3) is 0.267. The molecule has 1 aromatic carbocycles. The Kier molecular flexibility index (Phi) is 2.68. The number of benzene rings is 1. The van der Waals surface area contributed by atoms with Crippen molar-refractivity contribution < 1.29 is 13.9 Å². The lowest BCUT2D eigenvalue weighted by Gasteiger charge is -2.08. The summed E-state index contributed by atoms with van der Waals surface area (Å²) in [4.78, 5) is 11.4. The molecule has 0 bridgehead atoms. The maximum absolute atomic E-state index is 11.4. The molecule has 0 amide bonds. The second-order valence-electron chi connectivity index (χ2n) is 4.68. The van der Waals surface area contributed by atoms with E-state index in [9.17, 15) is 4.79 Å². The highest BCUT2D eigenvalue weighted by molar-refractivity contribution is 5.83. The van der Waals surface area contributed by atoms with Crippen molar-refractivity contribution in [1.82, 2.24) is 0 Å². The summed E-state index contributed by atoms with van der Waals surface area (Å²) in [7, 11) is 1.59. The fourth-order valence-electron chi connectivity index (χ4n) is 2.29. The zero-order valence-corrected chi connectivity index (χ0v) is 10.8.